The van der Waals surface area contributed by atoms with E-state index >= 15 is 0 Å². The van der Waals surface area contributed by atoms with Crippen molar-refractivity contribution in [2.24, 2.45) is 0 Å². The molecule has 0 bridgehead atoms. The molecule has 166 valence electrons. The van der Waals surface area contributed by atoms with Crippen LogP contribution in [-0.4, -0.2) is 40.4 Å². The van der Waals surface area contributed by atoms with Crippen molar-refractivity contribution in [2.45, 2.75) is 31.9 Å². The van der Waals surface area contributed by atoms with Gasteiger partial charge in [-0.2, -0.15) is 5.10 Å². The summed E-state index contributed by atoms with van der Waals surface area (Å²) in [5.74, 6) is -1.53. The number of nitrogens with zero attached hydrogens (tertiary/aromatic N) is 5. The number of aryl methyl sites for hydroxylation is 1. The van der Waals surface area contributed by atoms with Crippen LogP contribution in [0.3, 0.4) is 0 Å². The van der Waals surface area contributed by atoms with Gasteiger partial charge in [0.05, 0.1) is 46.8 Å². The Bertz CT molecular complexity index is 1540. The second kappa shape index (κ2) is 7.04. The standard InChI is InChI=1S/C23H18F2N6O2/c1-12-28-18-7-15(24)22(20(25)21(18)29-12)33-14-2-3-16-17(6-14)30-19(9-26-16)13-8-27-31(10-13)11-23(32)4-5-23/h2-3,6-10,32H,4-5,11H2,1H3,(H,28,29). The predicted octanol–water partition coefficient (Wildman–Crippen LogP) is 4.27. The molecule has 1 aliphatic carbocycles. The lowest BCUT2D eigenvalue weighted by atomic mass is 10.2. The van der Waals surface area contributed by atoms with E-state index in [-0.39, 0.29) is 16.8 Å². The largest absolute Gasteiger partial charge is 0.451 e. The maximum Gasteiger partial charge on any atom is 0.200 e. The van der Waals surface area contributed by atoms with Gasteiger partial charge < -0.3 is 14.8 Å². The van der Waals surface area contributed by atoms with E-state index in [1.165, 1.54) is 0 Å². The van der Waals surface area contributed by atoms with Crippen molar-refractivity contribution < 1.29 is 18.6 Å². The fourth-order valence-corrected chi connectivity index (χ4v) is 3.78. The number of benzene rings is 2. The van der Waals surface area contributed by atoms with Crippen molar-refractivity contribution in [3.8, 4) is 22.8 Å². The lowest BCUT2D eigenvalue weighted by molar-refractivity contribution is 0.125. The number of fused-ring (bicyclic) bond motifs is 2. The molecule has 0 radical (unpaired) electrons. The summed E-state index contributed by atoms with van der Waals surface area (Å²) >= 11 is 0. The van der Waals surface area contributed by atoms with Gasteiger partial charge in [0.15, 0.2) is 11.6 Å². The molecule has 10 heteroatoms. The third-order valence-electron chi connectivity index (χ3n) is 5.70. The Labute approximate surface area is 185 Å². The Morgan fingerprint density at radius 1 is 1.12 bits per heavy atom. The number of aromatic nitrogens is 6. The first-order valence-electron chi connectivity index (χ1n) is 10.4. The van der Waals surface area contributed by atoms with E-state index in [4.69, 9.17) is 4.74 Å². The topological polar surface area (TPSA) is 102 Å². The van der Waals surface area contributed by atoms with Crippen LogP contribution in [0.2, 0.25) is 0 Å². The average Bonchev–Trinajstić information content (AvgIpc) is 3.16. The molecular formula is C23H18F2N6O2. The maximum atomic E-state index is 14.9. The minimum atomic E-state index is -0.852. The number of imidazole rings is 1. The van der Waals surface area contributed by atoms with E-state index < -0.39 is 23.0 Å². The van der Waals surface area contributed by atoms with E-state index in [2.05, 4.69) is 25.0 Å². The molecule has 0 spiro atoms. The lowest BCUT2D eigenvalue weighted by Crippen LogP contribution is -2.16. The van der Waals surface area contributed by atoms with Crippen molar-refractivity contribution in [3.63, 3.8) is 0 Å². The summed E-state index contributed by atoms with van der Waals surface area (Å²) in [7, 11) is 0. The Balaban J connectivity index is 1.33. The minimum absolute atomic E-state index is 0.0830. The molecule has 0 saturated heterocycles. The van der Waals surface area contributed by atoms with Gasteiger partial charge >= 0.3 is 0 Å². The second-order valence-corrected chi connectivity index (χ2v) is 8.38. The molecule has 8 nitrogen and oxygen atoms in total. The number of aromatic amines is 1. The van der Waals surface area contributed by atoms with E-state index in [1.54, 1.807) is 48.4 Å². The Morgan fingerprint density at radius 2 is 1.97 bits per heavy atom. The van der Waals surface area contributed by atoms with Gasteiger partial charge in [-0.25, -0.2) is 18.7 Å². The molecule has 1 fully saturated rings. The van der Waals surface area contributed by atoms with Gasteiger partial charge in [-0.15, -0.1) is 0 Å². The molecule has 6 rings (SSSR count). The smallest absolute Gasteiger partial charge is 0.200 e. The molecule has 0 unspecified atom stereocenters. The number of hydrogen-bond donors (Lipinski definition) is 2. The second-order valence-electron chi connectivity index (χ2n) is 8.38. The predicted molar refractivity (Wildman–Crippen MR) is 116 cm³/mol. The van der Waals surface area contributed by atoms with Crippen LogP contribution in [0.25, 0.3) is 33.3 Å². The van der Waals surface area contributed by atoms with Crippen molar-refractivity contribution in [3.05, 3.63) is 60.3 Å². The molecule has 2 N–H and O–H groups in total. The summed E-state index contributed by atoms with van der Waals surface area (Å²) in [5.41, 5.74) is 2.05. The first-order chi connectivity index (χ1) is 15.9. The zero-order chi connectivity index (χ0) is 22.7. The fourth-order valence-electron chi connectivity index (χ4n) is 3.78. The van der Waals surface area contributed by atoms with E-state index in [0.29, 0.717) is 29.1 Å². The molecule has 5 aromatic rings. The van der Waals surface area contributed by atoms with Crippen molar-refractivity contribution in [1.82, 2.24) is 29.7 Å². The van der Waals surface area contributed by atoms with Gasteiger partial charge in [0.25, 0.3) is 0 Å². The molecule has 2 aromatic carbocycles. The quantitative estimate of drug-likeness (QED) is 0.416. The molecule has 33 heavy (non-hydrogen) atoms. The summed E-state index contributed by atoms with van der Waals surface area (Å²) in [6, 6.07) is 5.95. The molecule has 0 amide bonds. The summed E-state index contributed by atoms with van der Waals surface area (Å²) in [4.78, 5) is 15.9. The van der Waals surface area contributed by atoms with Gasteiger partial charge in [0.2, 0.25) is 5.75 Å². The van der Waals surface area contributed by atoms with Crippen LogP contribution in [-0.2, 0) is 6.54 Å². The lowest BCUT2D eigenvalue weighted by Gasteiger charge is -2.09. The Kier molecular flexibility index (Phi) is 4.21. The molecule has 3 aromatic heterocycles. The third kappa shape index (κ3) is 3.58. The molecule has 1 saturated carbocycles. The zero-order valence-electron chi connectivity index (χ0n) is 17.5. The molecule has 0 atom stereocenters. The SMILES string of the molecule is Cc1nc2cc(F)c(Oc3ccc4ncc(-c5cnn(CC6(O)CC6)c5)nc4c3)c(F)c2[nH]1. The summed E-state index contributed by atoms with van der Waals surface area (Å²) < 4.78 is 36.6. The van der Waals surface area contributed by atoms with Gasteiger partial charge in [-0.1, -0.05) is 0 Å². The van der Waals surface area contributed by atoms with Crippen LogP contribution in [0.1, 0.15) is 18.7 Å². The zero-order valence-corrected chi connectivity index (χ0v) is 17.5. The van der Waals surface area contributed by atoms with E-state index in [0.717, 1.165) is 24.5 Å². The summed E-state index contributed by atoms with van der Waals surface area (Å²) in [6.45, 7) is 2.10. The number of aliphatic hydroxyl groups is 1. The van der Waals surface area contributed by atoms with Gasteiger partial charge in [-0.05, 0) is 31.9 Å². The number of halogens is 2. The summed E-state index contributed by atoms with van der Waals surface area (Å²) in [6.07, 6.45) is 6.64. The molecule has 1 aliphatic rings. The third-order valence-corrected chi connectivity index (χ3v) is 5.70. The highest BCUT2D eigenvalue weighted by Crippen LogP contribution is 2.37. The van der Waals surface area contributed by atoms with Gasteiger partial charge in [0.1, 0.15) is 17.1 Å². The highest BCUT2D eigenvalue weighted by Gasteiger charge is 2.40. The van der Waals surface area contributed by atoms with Crippen molar-refractivity contribution >= 4 is 22.1 Å². The summed E-state index contributed by atoms with van der Waals surface area (Å²) in [5, 5.41) is 14.4. The number of hydrogen-bond acceptors (Lipinski definition) is 6. The van der Waals surface area contributed by atoms with Crippen LogP contribution in [0.5, 0.6) is 11.5 Å². The van der Waals surface area contributed by atoms with E-state index in [9.17, 15) is 13.9 Å². The number of ether oxygens (including phenoxy) is 1. The van der Waals surface area contributed by atoms with Crippen molar-refractivity contribution in [1.29, 1.82) is 0 Å². The van der Waals surface area contributed by atoms with Crippen LogP contribution in [0.15, 0.2) is 42.9 Å². The van der Waals surface area contributed by atoms with Crippen molar-refractivity contribution in [2.75, 3.05) is 0 Å². The first-order valence-corrected chi connectivity index (χ1v) is 10.4. The molecule has 3 heterocycles. The molecular weight excluding hydrogens is 430 g/mol. The minimum Gasteiger partial charge on any atom is -0.451 e. The van der Waals surface area contributed by atoms with Crippen LogP contribution < -0.4 is 4.74 Å². The van der Waals surface area contributed by atoms with Crippen LogP contribution in [0, 0.1) is 18.6 Å². The fraction of sp³-hybridized carbons (Fsp3) is 0.217. The Morgan fingerprint density at radius 3 is 2.79 bits per heavy atom. The monoisotopic (exact) mass is 448 g/mol. The van der Waals surface area contributed by atoms with Crippen LogP contribution in [0.4, 0.5) is 8.78 Å². The first kappa shape index (κ1) is 19.7. The number of nitrogens with one attached hydrogen (secondary N) is 1. The van der Waals surface area contributed by atoms with E-state index in [1.807, 2.05) is 0 Å². The highest BCUT2D eigenvalue weighted by atomic mass is 19.1. The number of rotatable bonds is 5. The van der Waals surface area contributed by atoms with Gasteiger partial charge in [0, 0.05) is 23.9 Å². The molecule has 0 aliphatic heterocycles. The number of H-pyrrole nitrogens is 1. The Hall–Kier alpha value is -3.92. The average molecular weight is 448 g/mol. The normalized spacial score (nSPS) is 14.8. The maximum absolute atomic E-state index is 14.9. The van der Waals surface area contributed by atoms with Gasteiger partial charge in [-0.3, -0.25) is 9.67 Å². The van der Waals surface area contributed by atoms with Crippen LogP contribution >= 0.6 is 0 Å². The highest BCUT2D eigenvalue weighted by molar-refractivity contribution is 5.80.